The van der Waals surface area contributed by atoms with Crippen LogP contribution in [0.4, 0.5) is 15.8 Å². The first-order valence-corrected chi connectivity index (χ1v) is 7.67. The lowest BCUT2D eigenvalue weighted by Crippen LogP contribution is -2.30. The monoisotopic (exact) mass is 297 g/mol. The van der Waals surface area contributed by atoms with Gasteiger partial charge in [-0.3, -0.25) is 0 Å². The summed E-state index contributed by atoms with van der Waals surface area (Å²) in [5.41, 5.74) is 7.26. The predicted molar refractivity (Wildman–Crippen MR) is 87.7 cm³/mol. The molecule has 21 heavy (non-hydrogen) atoms. The van der Waals surface area contributed by atoms with Gasteiger partial charge < -0.3 is 20.3 Å². The molecule has 0 atom stereocenters. The van der Waals surface area contributed by atoms with E-state index in [4.69, 9.17) is 10.5 Å². The third-order valence-corrected chi connectivity index (χ3v) is 3.82. The molecule has 0 saturated heterocycles. The lowest BCUT2D eigenvalue weighted by atomic mass is 10.2. The molecular weight excluding hydrogens is 269 g/mol. The molecule has 4 nitrogen and oxygen atoms in total. The van der Waals surface area contributed by atoms with Gasteiger partial charge in [0.05, 0.1) is 18.5 Å². The third kappa shape index (κ3) is 4.77. The molecule has 0 bridgehead atoms. The zero-order valence-electron chi connectivity index (χ0n) is 13.7. The summed E-state index contributed by atoms with van der Waals surface area (Å²) in [7, 11) is 1.47. The van der Waals surface area contributed by atoms with Crippen LogP contribution in [-0.4, -0.2) is 44.7 Å². The van der Waals surface area contributed by atoms with Crippen LogP contribution in [-0.2, 0) is 0 Å². The van der Waals surface area contributed by atoms with Gasteiger partial charge in [-0.05, 0) is 33.0 Å². The van der Waals surface area contributed by atoms with Crippen molar-refractivity contribution in [2.24, 2.45) is 0 Å². The second-order valence-electron chi connectivity index (χ2n) is 5.01. The van der Waals surface area contributed by atoms with E-state index in [1.807, 2.05) is 0 Å². The van der Waals surface area contributed by atoms with Crippen molar-refractivity contribution in [1.29, 1.82) is 0 Å². The molecule has 0 heterocycles. The van der Waals surface area contributed by atoms with Gasteiger partial charge >= 0.3 is 0 Å². The minimum atomic E-state index is -0.419. The number of rotatable bonds is 9. The Hall–Kier alpha value is -1.49. The Bertz CT molecular complexity index is 436. The fourth-order valence-corrected chi connectivity index (χ4v) is 2.46. The van der Waals surface area contributed by atoms with E-state index in [-0.39, 0.29) is 5.75 Å². The zero-order valence-corrected chi connectivity index (χ0v) is 13.7. The second-order valence-corrected chi connectivity index (χ2v) is 5.01. The smallest absolute Gasteiger partial charge is 0.167 e. The van der Waals surface area contributed by atoms with Gasteiger partial charge in [-0.1, -0.05) is 13.8 Å². The summed E-state index contributed by atoms with van der Waals surface area (Å²) in [4.78, 5) is 4.56. The van der Waals surface area contributed by atoms with Crippen molar-refractivity contribution < 1.29 is 9.13 Å². The number of nitrogen functional groups attached to an aromatic ring is 1. The van der Waals surface area contributed by atoms with Crippen LogP contribution in [0.1, 0.15) is 27.2 Å². The Balaban J connectivity index is 2.76. The van der Waals surface area contributed by atoms with Crippen molar-refractivity contribution in [3.8, 4) is 5.75 Å². The topological polar surface area (TPSA) is 41.7 Å². The molecule has 5 heteroatoms. The molecule has 0 aliphatic carbocycles. The summed E-state index contributed by atoms with van der Waals surface area (Å²) < 4.78 is 18.7. The highest BCUT2D eigenvalue weighted by molar-refractivity contribution is 5.70. The molecule has 2 N–H and O–H groups in total. The Morgan fingerprint density at radius 2 is 1.76 bits per heavy atom. The van der Waals surface area contributed by atoms with Gasteiger partial charge in [0.25, 0.3) is 0 Å². The van der Waals surface area contributed by atoms with Crippen molar-refractivity contribution in [3.05, 3.63) is 17.9 Å². The SMILES string of the molecule is CCN(CC)CCCN(CC)c1cc(OC)c(F)cc1N. The first-order valence-electron chi connectivity index (χ1n) is 7.67. The van der Waals surface area contributed by atoms with Crippen LogP contribution in [0.5, 0.6) is 5.75 Å². The van der Waals surface area contributed by atoms with Gasteiger partial charge in [-0.25, -0.2) is 4.39 Å². The number of nitrogens with two attached hydrogens (primary N) is 1. The van der Waals surface area contributed by atoms with Crippen LogP contribution in [0, 0.1) is 5.82 Å². The highest BCUT2D eigenvalue weighted by atomic mass is 19.1. The zero-order chi connectivity index (χ0) is 15.8. The van der Waals surface area contributed by atoms with E-state index in [1.165, 1.54) is 13.2 Å². The van der Waals surface area contributed by atoms with E-state index < -0.39 is 5.82 Å². The van der Waals surface area contributed by atoms with Gasteiger partial charge in [0, 0.05) is 25.2 Å². The Kier molecular flexibility index (Phi) is 7.29. The molecule has 0 unspecified atom stereocenters. The normalized spacial score (nSPS) is 11.0. The average molecular weight is 297 g/mol. The van der Waals surface area contributed by atoms with E-state index in [9.17, 15) is 4.39 Å². The summed E-state index contributed by atoms with van der Waals surface area (Å²) in [6.07, 6.45) is 1.05. The fraction of sp³-hybridized carbons (Fsp3) is 0.625. The third-order valence-electron chi connectivity index (χ3n) is 3.82. The van der Waals surface area contributed by atoms with E-state index in [2.05, 4.69) is 30.6 Å². The van der Waals surface area contributed by atoms with Crippen LogP contribution in [0.25, 0.3) is 0 Å². The van der Waals surface area contributed by atoms with Crippen molar-refractivity contribution >= 4 is 11.4 Å². The van der Waals surface area contributed by atoms with Crippen LogP contribution in [0.3, 0.4) is 0 Å². The first-order chi connectivity index (χ1) is 10.1. The Morgan fingerprint density at radius 1 is 1.10 bits per heavy atom. The van der Waals surface area contributed by atoms with Crippen LogP contribution < -0.4 is 15.4 Å². The van der Waals surface area contributed by atoms with Crippen molar-refractivity contribution in [3.63, 3.8) is 0 Å². The molecular formula is C16H28FN3O. The Labute approximate surface area is 127 Å². The summed E-state index contributed by atoms with van der Waals surface area (Å²) in [6, 6.07) is 3.02. The van der Waals surface area contributed by atoms with Gasteiger partial charge in [-0.15, -0.1) is 0 Å². The highest BCUT2D eigenvalue weighted by Crippen LogP contribution is 2.31. The minimum Gasteiger partial charge on any atom is -0.494 e. The second kappa shape index (κ2) is 8.72. The van der Waals surface area contributed by atoms with Crippen LogP contribution in [0.2, 0.25) is 0 Å². The van der Waals surface area contributed by atoms with Crippen molar-refractivity contribution in [2.45, 2.75) is 27.2 Å². The minimum absolute atomic E-state index is 0.237. The fourth-order valence-electron chi connectivity index (χ4n) is 2.46. The number of ether oxygens (including phenoxy) is 1. The average Bonchev–Trinajstić information content (AvgIpc) is 2.49. The molecule has 1 aromatic carbocycles. The van der Waals surface area contributed by atoms with Gasteiger partial charge in [0.15, 0.2) is 11.6 Å². The number of halogens is 1. The molecule has 120 valence electrons. The molecule has 0 aliphatic rings. The first kappa shape index (κ1) is 17.6. The molecule has 0 radical (unpaired) electrons. The molecule has 1 rings (SSSR count). The van der Waals surface area contributed by atoms with E-state index in [0.717, 1.165) is 44.8 Å². The summed E-state index contributed by atoms with van der Waals surface area (Å²) in [6.45, 7) is 11.3. The van der Waals surface area contributed by atoms with Crippen LogP contribution >= 0.6 is 0 Å². The predicted octanol–water partition coefficient (Wildman–Crippen LogP) is 2.97. The molecule has 0 aliphatic heterocycles. The molecule has 0 spiro atoms. The highest BCUT2D eigenvalue weighted by Gasteiger charge is 2.13. The van der Waals surface area contributed by atoms with Gasteiger partial charge in [0.1, 0.15) is 0 Å². The summed E-state index contributed by atoms with van der Waals surface area (Å²) >= 11 is 0. The van der Waals surface area contributed by atoms with Crippen molar-refractivity contribution in [2.75, 3.05) is 50.5 Å². The van der Waals surface area contributed by atoms with E-state index in [0.29, 0.717) is 5.69 Å². The lowest BCUT2D eigenvalue weighted by Gasteiger charge is -2.27. The molecule has 0 aromatic heterocycles. The number of anilines is 2. The maximum Gasteiger partial charge on any atom is 0.167 e. The van der Waals surface area contributed by atoms with E-state index in [1.54, 1.807) is 6.07 Å². The maximum absolute atomic E-state index is 13.6. The largest absolute Gasteiger partial charge is 0.494 e. The number of methoxy groups -OCH3 is 1. The molecule has 0 fully saturated rings. The lowest BCUT2D eigenvalue weighted by molar-refractivity contribution is 0.300. The standard InChI is InChI=1S/C16H28FN3O/c1-5-19(6-2)9-8-10-20(7-3)15-12-16(21-4)13(17)11-14(15)18/h11-12H,5-10,18H2,1-4H3. The van der Waals surface area contributed by atoms with Gasteiger partial charge in [-0.2, -0.15) is 0 Å². The number of benzene rings is 1. The number of hydrogen-bond acceptors (Lipinski definition) is 4. The Morgan fingerprint density at radius 3 is 2.29 bits per heavy atom. The van der Waals surface area contributed by atoms with Crippen molar-refractivity contribution in [1.82, 2.24) is 4.90 Å². The van der Waals surface area contributed by atoms with E-state index >= 15 is 0 Å². The summed E-state index contributed by atoms with van der Waals surface area (Å²) in [5, 5.41) is 0. The molecule has 0 saturated carbocycles. The number of hydrogen-bond donors (Lipinski definition) is 1. The van der Waals surface area contributed by atoms with Crippen LogP contribution in [0.15, 0.2) is 12.1 Å². The molecule has 1 aromatic rings. The van der Waals surface area contributed by atoms with Gasteiger partial charge in [0.2, 0.25) is 0 Å². The quantitative estimate of drug-likeness (QED) is 0.712. The molecule has 0 amide bonds. The number of nitrogens with zero attached hydrogens (tertiary/aromatic N) is 2. The summed E-state index contributed by atoms with van der Waals surface area (Å²) in [5.74, 6) is -0.181. The maximum atomic E-state index is 13.6.